The minimum absolute atomic E-state index is 0.108. The predicted molar refractivity (Wildman–Crippen MR) is 69.7 cm³/mol. The molecule has 3 heteroatoms. The van der Waals surface area contributed by atoms with Gasteiger partial charge >= 0.3 is 0 Å². The van der Waals surface area contributed by atoms with Crippen LogP contribution in [0.3, 0.4) is 0 Å². The molecule has 0 aromatic heterocycles. The number of nitrogens with two attached hydrogens (primary N) is 1. The number of benzene rings is 1. The van der Waals surface area contributed by atoms with Gasteiger partial charge in [-0.25, -0.2) is 0 Å². The van der Waals surface area contributed by atoms with Crippen molar-refractivity contribution in [2.75, 3.05) is 19.7 Å². The first kappa shape index (κ1) is 12.6. The third-order valence-electron chi connectivity index (χ3n) is 3.66. The van der Waals surface area contributed by atoms with Crippen LogP contribution in [-0.2, 0) is 0 Å². The van der Waals surface area contributed by atoms with Gasteiger partial charge < -0.3 is 10.8 Å². The van der Waals surface area contributed by atoms with Crippen LogP contribution in [0.5, 0.6) is 0 Å². The number of hydrogen-bond donors (Lipinski definition) is 2. The van der Waals surface area contributed by atoms with E-state index in [4.69, 9.17) is 5.73 Å². The highest BCUT2D eigenvalue weighted by Gasteiger charge is 2.23. The number of aliphatic hydroxyl groups is 1. The van der Waals surface area contributed by atoms with Crippen molar-refractivity contribution in [3.05, 3.63) is 35.9 Å². The van der Waals surface area contributed by atoms with Gasteiger partial charge in [0.05, 0.1) is 6.61 Å². The van der Waals surface area contributed by atoms with E-state index in [9.17, 15) is 5.11 Å². The van der Waals surface area contributed by atoms with Crippen LogP contribution in [-0.4, -0.2) is 35.7 Å². The molecule has 0 bridgehead atoms. The zero-order valence-corrected chi connectivity index (χ0v) is 10.3. The van der Waals surface area contributed by atoms with Gasteiger partial charge in [-0.2, -0.15) is 0 Å². The standard InChI is InChI=1S/C14H22N2O/c15-14(12-5-2-1-3-6-12)8-10-16-9-4-7-13(16)11-17/h1-3,5-6,13-14,17H,4,7-11,15H2. The van der Waals surface area contributed by atoms with Crippen molar-refractivity contribution in [2.45, 2.75) is 31.3 Å². The third-order valence-corrected chi connectivity index (χ3v) is 3.66. The van der Waals surface area contributed by atoms with Crippen molar-refractivity contribution in [1.82, 2.24) is 4.90 Å². The molecule has 0 amide bonds. The van der Waals surface area contributed by atoms with Crippen molar-refractivity contribution in [2.24, 2.45) is 5.73 Å². The van der Waals surface area contributed by atoms with Crippen molar-refractivity contribution < 1.29 is 5.11 Å². The fourth-order valence-corrected chi connectivity index (χ4v) is 2.57. The van der Waals surface area contributed by atoms with Crippen molar-refractivity contribution >= 4 is 0 Å². The topological polar surface area (TPSA) is 49.5 Å². The highest BCUT2D eigenvalue weighted by atomic mass is 16.3. The Morgan fingerprint density at radius 1 is 1.35 bits per heavy atom. The van der Waals surface area contributed by atoms with E-state index >= 15 is 0 Å². The first-order chi connectivity index (χ1) is 8.31. The Bertz CT molecular complexity index is 328. The zero-order valence-electron chi connectivity index (χ0n) is 10.3. The maximum absolute atomic E-state index is 9.25. The monoisotopic (exact) mass is 234 g/mol. The van der Waals surface area contributed by atoms with Gasteiger partial charge in [-0.1, -0.05) is 30.3 Å². The largest absolute Gasteiger partial charge is 0.395 e. The summed E-state index contributed by atoms with van der Waals surface area (Å²) in [6, 6.07) is 10.7. The molecule has 2 unspecified atom stereocenters. The molecule has 1 fully saturated rings. The second kappa shape index (κ2) is 6.15. The Morgan fingerprint density at radius 2 is 2.12 bits per heavy atom. The van der Waals surface area contributed by atoms with Gasteiger partial charge in [0.1, 0.15) is 0 Å². The first-order valence-corrected chi connectivity index (χ1v) is 6.46. The minimum Gasteiger partial charge on any atom is -0.395 e. The summed E-state index contributed by atoms with van der Waals surface area (Å²) >= 11 is 0. The summed E-state index contributed by atoms with van der Waals surface area (Å²) in [5.41, 5.74) is 7.37. The fourth-order valence-electron chi connectivity index (χ4n) is 2.57. The molecule has 1 aliphatic heterocycles. The van der Waals surface area contributed by atoms with Crippen molar-refractivity contribution in [1.29, 1.82) is 0 Å². The molecule has 17 heavy (non-hydrogen) atoms. The second-order valence-corrected chi connectivity index (χ2v) is 4.82. The molecule has 1 heterocycles. The molecule has 0 saturated carbocycles. The Morgan fingerprint density at radius 3 is 2.82 bits per heavy atom. The summed E-state index contributed by atoms with van der Waals surface area (Å²) in [6.45, 7) is 2.37. The molecule has 1 aromatic rings. The number of likely N-dealkylation sites (tertiary alicyclic amines) is 1. The Kier molecular flexibility index (Phi) is 4.54. The molecule has 1 saturated heterocycles. The Labute approximate surface area is 103 Å². The Balaban J connectivity index is 1.82. The molecular formula is C14H22N2O. The van der Waals surface area contributed by atoms with Gasteiger partial charge in [0, 0.05) is 18.6 Å². The average Bonchev–Trinajstić information content (AvgIpc) is 2.84. The van der Waals surface area contributed by atoms with Crippen molar-refractivity contribution in [3.63, 3.8) is 0 Å². The van der Waals surface area contributed by atoms with Gasteiger partial charge in [-0.3, -0.25) is 4.90 Å². The zero-order chi connectivity index (χ0) is 12.1. The van der Waals surface area contributed by atoms with Crippen LogP contribution in [0.2, 0.25) is 0 Å². The van der Waals surface area contributed by atoms with Crippen LogP contribution in [0.15, 0.2) is 30.3 Å². The van der Waals surface area contributed by atoms with Crippen LogP contribution in [0, 0.1) is 0 Å². The molecule has 94 valence electrons. The molecule has 2 atom stereocenters. The summed E-state index contributed by atoms with van der Waals surface area (Å²) in [7, 11) is 0. The molecule has 1 aliphatic rings. The van der Waals surface area contributed by atoms with Crippen LogP contribution in [0.1, 0.15) is 30.9 Å². The normalized spacial score (nSPS) is 22.8. The maximum atomic E-state index is 9.25. The number of aliphatic hydroxyl groups excluding tert-OH is 1. The summed E-state index contributed by atoms with van der Waals surface area (Å²) in [4.78, 5) is 2.36. The second-order valence-electron chi connectivity index (χ2n) is 4.82. The lowest BCUT2D eigenvalue weighted by Crippen LogP contribution is -2.34. The van der Waals surface area contributed by atoms with E-state index in [1.165, 1.54) is 12.0 Å². The molecule has 0 aliphatic carbocycles. The molecule has 2 rings (SSSR count). The molecule has 0 spiro atoms. The summed E-state index contributed by atoms with van der Waals surface area (Å²) < 4.78 is 0. The Hall–Kier alpha value is -0.900. The number of rotatable bonds is 5. The van der Waals surface area contributed by atoms with E-state index in [-0.39, 0.29) is 12.6 Å². The van der Waals surface area contributed by atoms with Crippen LogP contribution in [0.25, 0.3) is 0 Å². The molecule has 1 aromatic carbocycles. The van der Waals surface area contributed by atoms with Crippen LogP contribution < -0.4 is 5.73 Å². The summed E-state index contributed by atoms with van der Waals surface area (Å²) in [5.74, 6) is 0. The van der Waals surface area contributed by atoms with E-state index < -0.39 is 0 Å². The van der Waals surface area contributed by atoms with Gasteiger partial charge in [0.15, 0.2) is 0 Å². The van der Waals surface area contributed by atoms with Gasteiger partial charge in [0.25, 0.3) is 0 Å². The summed E-state index contributed by atoms with van der Waals surface area (Å²) in [6.07, 6.45) is 3.28. The maximum Gasteiger partial charge on any atom is 0.0586 e. The molecule has 3 N–H and O–H groups in total. The van der Waals surface area contributed by atoms with Gasteiger partial charge in [-0.05, 0) is 31.4 Å². The average molecular weight is 234 g/mol. The highest BCUT2D eigenvalue weighted by Crippen LogP contribution is 2.20. The predicted octanol–water partition coefficient (Wildman–Crippen LogP) is 1.53. The van der Waals surface area contributed by atoms with Crippen molar-refractivity contribution in [3.8, 4) is 0 Å². The lowest BCUT2D eigenvalue weighted by molar-refractivity contribution is 0.155. The minimum atomic E-state index is 0.108. The van der Waals surface area contributed by atoms with Crippen LogP contribution >= 0.6 is 0 Å². The molecular weight excluding hydrogens is 212 g/mol. The highest BCUT2D eigenvalue weighted by molar-refractivity contribution is 5.18. The summed E-state index contributed by atoms with van der Waals surface area (Å²) in [5, 5.41) is 9.25. The van der Waals surface area contributed by atoms with Gasteiger partial charge in [0.2, 0.25) is 0 Å². The number of nitrogens with zero attached hydrogens (tertiary/aromatic N) is 1. The smallest absolute Gasteiger partial charge is 0.0586 e. The number of hydrogen-bond acceptors (Lipinski definition) is 3. The third kappa shape index (κ3) is 3.28. The first-order valence-electron chi connectivity index (χ1n) is 6.46. The molecule has 0 radical (unpaired) electrons. The quantitative estimate of drug-likeness (QED) is 0.812. The lowest BCUT2D eigenvalue weighted by atomic mass is 10.0. The molecule has 3 nitrogen and oxygen atoms in total. The van der Waals surface area contributed by atoms with Gasteiger partial charge in [-0.15, -0.1) is 0 Å². The van der Waals surface area contributed by atoms with E-state index in [0.717, 1.165) is 25.9 Å². The van der Waals surface area contributed by atoms with E-state index in [1.54, 1.807) is 0 Å². The van der Waals surface area contributed by atoms with E-state index in [2.05, 4.69) is 17.0 Å². The lowest BCUT2D eigenvalue weighted by Gasteiger charge is -2.24. The fraction of sp³-hybridized carbons (Fsp3) is 0.571. The van der Waals surface area contributed by atoms with E-state index in [1.807, 2.05) is 18.2 Å². The van der Waals surface area contributed by atoms with Crippen LogP contribution in [0.4, 0.5) is 0 Å². The van der Waals surface area contributed by atoms with E-state index in [0.29, 0.717) is 6.04 Å². The SMILES string of the molecule is NC(CCN1CCCC1CO)c1ccccc1.